The van der Waals surface area contributed by atoms with Crippen LogP contribution in [0.15, 0.2) is 8.73 Å². The van der Waals surface area contributed by atoms with Crippen LogP contribution < -0.4 is 0 Å². The molecule has 0 saturated carbocycles. The Hall–Kier alpha value is -1.22. The van der Waals surface area contributed by atoms with Gasteiger partial charge in [-0.05, 0) is 6.42 Å². The third-order valence-corrected chi connectivity index (χ3v) is 4.08. The lowest BCUT2D eigenvalue weighted by Crippen LogP contribution is -1.99. The van der Waals surface area contributed by atoms with Gasteiger partial charge < -0.3 is 0 Å². The Bertz CT molecular complexity index is 551. The van der Waals surface area contributed by atoms with Crippen molar-refractivity contribution in [2.75, 3.05) is 0 Å². The van der Waals surface area contributed by atoms with Crippen LogP contribution >= 0.6 is 0 Å². The molecular formula is C14H25N5O2S2. The topological polar surface area (TPSA) is 89.6 Å². The average Bonchev–Trinajstić information content (AvgIpc) is 2.92. The first-order chi connectivity index (χ1) is 11.3. The molecule has 130 valence electrons. The maximum atomic E-state index is 10.5. The van der Waals surface area contributed by atoms with Crippen molar-refractivity contribution in [3.63, 3.8) is 0 Å². The highest BCUT2D eigenvalue weighted by molar-refractivity contribution is 7.55. The summed E-state index contributed by atoms with van der Waals surface area (Å²) >= 11 is 0.133. The predicted octanol–water partition coefficient (Wildman–Crippen LogP) is 4.26. The van der Waals surface area contributed by atoms with Gasteiger partial charge in [0.05, 0.1) is 0 Å². The van der Waals surface area contributed by atoms with Crippen LogP contribution in [0.5, 0.6) is 0 Å². The van der Waals surface area contributed by atoms with E-state index in [4.69, 9.17) is 0 Å². The van der Waals surface area contributed by atoms with Gasteiger partial charge in [-0.1, -0.05) is 64.7 Å². The molecule has 7 nitrogen and oxygen atoms in total. The Morgan fingerprint density at radius 1 is 0.870 bits per heavy atom. The Kier molecular flexibility index (Phi) is 11.4. The van der Waals surface area contributed by atoms with E-state index in [9.17, 15) is 8.42 Å². The van der Waals surface area contributed by atoms with Crippen molar-refractivity contribution in [3.05, 3.63) is 0 Å². The second-order valence-electron chi connectivity index (χ2n) is 5.45. The van der Waals surface area contributed by atoms with Gasteiger partial charge in [0.25, 0.3) is 11.9 Å². The SMILES string of the molecule is CCCCCCCCCCCCn1nc(N=S=O)nc1N=S=O. The van der Waals surface area contributed by atoms with Crippen LogP contribution in [-0.4, -0.2) is 23.2 Å². The van der Waals surface area contributed by atoms with E-state index >= 15 is 0 Å². The van der Waals surface area contributed by atoms with E-state index in [0.29, 0.717) is 6.54 Å². The lowest BCUT2D eigenvalue weighted by molar-refractivity contribution is 0.517. The van der Waals surface area contributed by atoms with Gasteiger partial charge in [-0.3, -0.25) is 0 Å². The van der Waals surface area contributed by atoms with Gasteiger partial charge in [-0.25, -0.2) is 4.68 Å². The van der Waals surface area contributed by atoms with Crippen LogP contribution in [0.1, 0.15) is 71.1 Å². The molecule has 0 spiro atoms. The van der Waals surface area contributed by atoms with Crippen molar-refractivity contribution in [1.82, 2.24) is 14.8 Å². The number of aromatic nitrogens is 3. The van der Waals surface area contributed by atoms with E-state index in [0.717, 1.165) is 12.8 Å². The fourth-order valence-electron chi connectivity index (χ4n) is 2.39. The molecule has 0 atom stereocenters. The van der Waals surface area contributed by atoms with Crippen molar-refractivity contribution in [2.45, 2.75) is 77.7 Å². The molecule has 0 saturated heterocycles. The number of nitrogens with zero attached hydrogens (tertiary/aromatic N) is 5. The van der Waals surface area contributed by atoms with Gasteiger partial charge >= 0.3 is 0 Å². The van der Waals surface area contributed by atoms with Gasteiger partial charge in [-0.15, -0.1) is 13.8 Å². The molecule has 1 aromatic rings. The van der Waals surface area contributed by atoms with E-state index in [-0.39, 0.29) is 34.8 Å². The van der Waals surface area contributed by atoms with Crippen LogP contribution in [0.25, 0.3) is 0 Å². The Morgan fingerprint density at radius 2 is 1.43 bits per heavy atom. The minimum atomic E-state index is 0.0492. The van der Waals surface area contributed by atoms with Crippen molar-refractivity contribution in [1.29, 1.82) is 0 Å². The molecule has 0 radical (unpaired) electrons. The number of unbranched alkanes of at least 4 members (excludes halogenated alkanes) is 9. The monoisotopic (exact) mass is 359 g/mol. The number of hydrogen-bond acceptors (Lipinski definition) is 6. The van der Waals surface area contributed by atoms with Gasteiger partial charge in [0, 0.05) is 6.54 Å². The van der Waals surface area contributed by atoms with E-state index in [1.807, 2.05) is 0 Å². The van der Waals surface area contributed by atoms with Crippen molar-refractivity contribution < 1.29 is 8.42 Å². The standard InChI is InChI=1S/C14H25N5O2S2/c1-2-3-4-5-6-7-8-9-10-11-12-19-14(18-23-21)15-13(16-19)17-22-20/h2-12H2,1H3. The van der Waals surface area contributed by atoms with E-state index in [2.05, 4.69) is 25.7 Å². The molecule has 1 aromatic heterocycles. The van der Waals surface area contributed by atoms with E-state index in [1.165, 1.54) is 51.4 Å². The van der Waals surface area contributed by atoms with Gasteiger partial charge in [-0.2, -0.15) is 13.4 Å². The summed E-state index contributed by atoms with van der Waals surface area (Å²) in [7, 11) is 0. The second kappa shape index (κ2) is 13.2. The summed E-state index contributed by atoms with van der Waals surface area (Å²) in [6.07, 6.45) is 12.6. The van der Waals surface area contributed by atoms with Gasteiger partial charge in [0.2, 0.25) is 22.9 Å². The lowest BCUT2D eigenvalue weighted by Gasteiger charge is -2.03. The quantitative estimate of drug-likeness (QED) is 0.492. The molecule has 23 heavy (non-hydrogen) atoms. The number of aryl methyl sites for hydroxylation is 1. The zero-order valence-electron chi connectivity index (χ0n) is 13.6. The highest BCUT2D eigenvalue weighted by Gasteiger charge is 2.08. The summed E-state index contributed by atoms with van der Waals surface area (Å²) in [6.45, 7) is 2.88. The largest absolute Gasteiger partial charge is 0.283 e. The normalized spacial score (nSPS) is 10.5. The molecule has 0 aliphatic carbocycles. The summed E-state index contributed by atoms with van der Waals surface area (Å²) in [5, 5.41) is 4.07. The molecule has 0 aliphatic heterocycles. The average molecular weight is 360 g/mol. The molecule has 1 rings (SSSR count). The van der Waals surface area contributed by atoms with Crippen LogP contribution in [0.2, 0.25) is 0 Å². The number of rotatable bonds is 13. The van der Waals surface area contributed by atoms with Crippen molar-refractivity contribution >= 4 is 34.8 Å². The summed E-state index contributed by atoms with van der Waals surface area (Å²) in [6, 6.07) is 0. The van der Waals surface area contributed by atoms with Crippen LogP contribution in [0.3, 0.4) is 0 Å². The highest BCUT2D eigenvalue weighted by Crippen LogP contribution is 2.16. The molecule has 0 aromatic carbocycles. The number of hydrogen-bond donors (Lipinski definition) is 0. The zero-order chi connectivity index (χ0) is 16.8. The Morgan fingerprint density at radius 3 is 2.00 bits per heavy atom. The summed E-state index contributed by atoms with van der Waals surface area (Å²) < 4.78 is 29.6. The zero-order valence-corrected chi connectivity index (χ0v) is 15.3. The van der Waals surface area contributed by atoms with Crippen molar-refractivity contribution in [3.8, 4) is 0 Å². The van der Waals surface area contributed by atoms with Gasteiger partial charge in [0.1, 0.15) is 0 Å². The van der Waals surface area contributed by atoms with Gasteiger partial charge in [0.15, 0.2) is 0 Å². The fourth-order valence-corrected chi connectivity index (χ4v) is 2.74. The molecule has 0 unspecified atom stereocenters. The molecule has 9 heteroatoms. The molecule has 0 bridgehead atoms. The summed E-state index contributed by atoms with van der Waals surface area (Å²) in [5.74, 6) is 0.304. The first-order valence-electron chi connectivity index (χ1n) is 8.26. The first-order valence-corrected chi connectivity index (χ1v) is 9.66. The summed E-state index contributed by atoms with van der Waals surface area (Å²) in [5.41, 5.74) is 0. The highest BCUT2D eigenvalue weighted by atomic mass is 32.1. The minimum Gasteiger partial charge on any atom is -0.227 e. The molecule has 0 amide bonds. The van der Waals surface area contributed by atoms with E-state index in [1.54, 1.807) is 4.68 Å². The molecule has 0 aliphatic rings. The third kappa shape index (κ3) is 8.85. The van der Waals surface area contributed by atoms with E-state index < -0.39 is 0 Å². The fraction of sp³-hybridized carbons (Fsp3) is 0.857. The Balaban J connectivity index is 2.20. The molecule has 0 N–H and O–H groups in total. The van der Waals surface area contributed by atoms with Crippen molar-refractivity contribution in [2.24, 2.45) is 8.73 Å². The maximum absolute atomic E-state index is 10.5. The van der Waals surface area contributed by atoms with Crippen LogP contribution in [0, 0.1) is 0 Å². The Labute approximate surface area is 144 Å². The third-order valence-electron chi connectivity index (χ3n) is 3.60. The molecule has 1 heterocycles. The minimum absolute atomic E-state index is 0.0492. The predicted molar refractivity (Wildman–Crippen MR) is 92.3 cm³/mol. The maximum Gasteiger partial charge on any atom is 0.283 e. The second-order valence-corrected chi connectivity index (χ2v) is 6.11. The van der Waals surface area contributed by atoms with Crippen LogP contribution in [-0.2, 0) is 29.5 Å². The molecule has 0 fully saturated rings. The lowest BCUT2D eigenvalue weighted by atomic mass is 10.1. The summed E-state index contributed by atoms with van der Waals surface area (Å²) in [4.78, 5) is 3.93. The van der Waals surface area contributed by atoms with Crippen LogP contribution in [0.4, 0.5) is 11.9 Å². The molecular weight excluding hydrogens is 334 g/mol. The smallest absolute Gasteiger partial charge is 0.227 e. The first kappa shape index (κ1) is 19.8.